The zero-order valence-corrected chi connectivity index (χ0v) is 14.3. The summed E-state index contributed by atoms with van der Waals surface area (Å²) in [6, 6.07) is 5.98. The molecule has 0 fully saturated rings. The van der Waals surface area contributed by atoms with Gasteiger partial charge in [-0.05, 0) is 32.0 Å². The van der Waals surface area contributed by atoms with Gasteiger partial charge in [0.15, 0.2) is 6.61 Å². The Balaban J connectivity index is 1.62. The highest BCUT2D eigenvalue weighted by Gasteiger charge is 2.17. The molecule has 130 valence electrons. The molecule has 0 radical (unpaired) electrons. The number of nitrogens with zero attached hydrogens (tertiary/aromatic N) is 2. The van der Waals surface area contributed by atoms with Gasteiger partial charge in [0, 0.05) is 10.6 Å². The van der Waals surface area contributed by atoms with Crippen LogP contribution in [0, 0.1) is 19.7 Å². The number of rotatable bonds is 5. The van der Waals surface area contributed by atoms with Gasteiger partial charge in [-0.2, -0.15) is 0 Å². The van der Waals surface area contributed by atoms with E-state index in [1.54, 1.807) is 13.0 Å². The Morgan fingerprint density at radius 1 is 1.28 bits per heavy atom. The Morgan fingerprint density at radius 3 is 2.76 bits per heavy atom. The lowest BCUT2D eigenvalue weighted by Crippen LogP contribution is -2.09. The summed E-state index contributed by atoms with van der Waals surface area (Å²) in [6.07, 6.45) is -0.285. The van der Waals surface area contributed by atoms with Crippen molar-refractivity contribution in [1.29, 1.82) is 0 Å². The number of ether oxygens (including phenoxy) is 1. The third kappa shape index (κ3) is 3.88. The molecule has 0 bridgehead atoms. The number of esters is 1. The molecule has 2 heterocycles. The highest BCUT2D eigenvalue weighted by atomic mass is 35.5. The van der Waals surface area contributed by atoms with Crippen LogP contribution in [0.4, 0.5) is 4.39 Å². The predicted octanol–water partition coefficient (Wildman–Crippen LogP) is 4.02. The average molecular weight is 365 g/mol. The molecule has 0 amide bonds. The fraction of sp³-hybridized carbons (Fsp3) is 0.235. The van der Waals surface area contributed by atoms with Crippen LogP contribution in [0.25, 0.3) is 11.5 Å². The van der Waals surface area contributed by atoms with Crippen molar-refractivity contribution in [3.63, 3.8) is 0 Å². The zero-order valence-electron chi connectivity index (χ0n) is 13.5. The molecule has 1 aromatic carbocycles. The maximum absolute atomic E-state index is 13.7. The average Bonchev–Trinajstić information content (AvgIpc) is 3.15. The van der Waals surface area contributed by atoms with Crippen LogP contribution in [0.1, 0.15) is 23.0 Å². The number of carbonyl (C=O) groups is 1. The molecular weight excluding hydrogens is 351 g/mol. The minimum absolute atomic E-state index is 0.0879. The summed E-state index contributed by atoms with van der Waals surface area (Å²) in [6.45, 7) is 3.38. The Morgan fingerprint density at radius 2 is 2.08 bits per heavy atom. The van der Waals surface area contributed by atoms with Crippen molar-refractivity contribution in [2.45, 2.75) is 26.9 Å². The molecule has 0 aliphatic heterocycles. The summed E-state index contributed by atoms with van der Waals surface area (Å²) in [5.41, 5.74) is 0.769. The second-order valence-corrected chi connectivity index (χ2v) is 5.77. The van der Waals surface area contributed by atoms with Crippen molar-refractivity contribution in [2.24, 2.45) is 0 Å². The molecule has 0 aliphatic rings. The zero-order chi connectivity index (χ0) is 18.0. The Kier molecular flexibility index (Phi) is 4.85. The van der Waals surface area contributed by atoms with Gasteiger partial charge in [-0.25, -0.2) is 4.39 Å². The number of furan rings is 1. The Bertz CT molecular complexity index is 899. The number of aromatic nitrogens is 2. The van der Waals surface area contributed by atoms with Gasteiger partial charge in [0.05, 0.1) is 12.0 Å². The molecule has 0 saturated carbocycles. The number of aryl methyl sites for hydroxylation is 2. The number of halogens is 2. The van der Waals surface area contributed by atoms with Gasteiger partial charge in [0.1, 0.15) is 17.3 Å². The van der Waals surface area contributed by atoms with Crippen LogP contribution in [0.2, 0.25) is 5.02 Å². The van der Waals surface area contributed by atoms with Crippen molar-refractivity contribution >= 4 is 17.6 Å². The third-order valence-electron chi connectivity index (χ3n) is 3.48. The van der Waals surface area contributed by atoms with Gasteiger partial charge in [0.2, 0.25) is 0 Å². The molecule has 2 aromatic heterocycles. The maximum Gasteiger partial charge on any atom is 0.310 e. The van der Waals surface area contributed by atoms with Crippen LogP contribution < -0.4 is 0 Å². The SMILES string of the molecule is Cc1cc(-c2nnc(COC(=O)Cc3c(F)cccc3Cl)o2)c(C)o1. The predicted molar refractivity (Wildman–Crippen MR) is 86.4 cm³/mol. The first-order valence-electron chi connectivity index (χ1n) is 7.42. The number of hydrogen-bond acceptors (Lipinski definition) is 6. The first-order chi connectivity index (χ1) is 11.9. The molecule has 3 aromatic rings. The van der Waals surface area contributed by atoms with Gasteiger partial charge >= 0.3 is 5.97 Å². The summed E-state index contributed by atoms with van der Waals surface area (Å²) in [5.74, 6) is 0.565. The van der Waals surface area contributed by atoms with E-state index in [4.69, 9.17) is 25.2 Å². The van der Waals surface area contributed by atoms with E-state index in [0.717, 1.165) is 5.76 Å². The van der Waals surface area contributed by atoms with E-state index in [2.05, 4.69) is 10.2 Å². The summed E-state index contributed by atoms with van der Waals surface area (Å²) in [5, 5.41) is 7.89. The van der Waals surface area contributed by atoms with Gasteiger partial charge in [-0.15, -0.1) is 10.2 Å². The second kappa shape index (κ2) is 7.06. The van der Waals surface area contributed by atoms with Crippen molar-refractivity contribution < 1.29 is 22.8 Å². The lowest BCUT2D eigenvalue weighted by atomic mass is 10.1. The molecular formula is C17H14ClFN2O4. The number of hydrogen-bond donors (Lipinski definition) is 0. The van der Waals surface area contributed by atoms with Crippen molar-refractivity contribution in [2.75, 3.05) is 0 Å². The summed E-state index contributed by atoms with van der Waals surface area (Å²) in [7, 11) is 0. The highest BCUT2D eigenvalue weighted by Crippen LogP contribution is 2.25. The number of carbonyl (C=O) groups excluding carboxylic acids is 1. The molecule has 0 spiro atoms. The van der Waals surface area contributed by atoms with Crippen molar-refractivity contribution in [3.05, 3.63) is 58.1 Å². The molecule has 3 rings (SSSR count). The Labute approximate surface area is 147 Å². The summed E-state index contributed by atoms with van der Waals surface area (Å²) in [4.78, 5) is 11.9. The normalized spacial score (nSPS) is 10.9. The molecule has 6 nitrogen and oxygen atoms in total. The highest BCUT2D eigenvalue weighted by molar-refractivity contribution is 6.31. The molecule has 8 heteroatoms. The summed E-state index contributed by atoms with van der Waals surface area (Å²) < 4.78 is 29.6. The van der Waals surface area contributed by atoms with Crippen LogP contribution in [0.3, 0.4) is 0 Å². The fourth-order valence-electron chi connectivity index (χ4n) is 2.30. The largest absolute Gasteiger partial charge is 0.466 e. The van der Waals surface area contributed by atoms with E-state index in [-0.39, 0.29) is 35.4 Å². The molecule has 0 unspecified atom stereocenters. The van der Waals surface area contributed by atoms with Crippen LogP contribution in [0.5, 0.6) is 0 Å². The van der Waals surface area contributed by atoms with Crippen LogP contribution in [-0.4, -0.2) is 16.2 Å². The van der Waals surface area contributed by atoms with Crippen LogP contribution in [-0.2, 0) is 22.6 Å². The molecule has 0 aliphatic carbocycles. The van der Waals surface area contributed by atoms with Gasteiger partial charge < -0.3 is 13.6 Å². The van der Waals surface area contributed by atoms with E-state index in [1.807, 2.05) is 6.92 Å². The van der Waals surface area contributed by atoms with E-state index >= 15 is 0 Å². The minimum Gasteiger partial charge on any atom is -0.466 e. The van der Waals surface area contributed by atoms with Gasteiger partial charge in [0.25, 0.3) is 11.8 Å². The Hall–Kier alpha value is -2.67. The van der Waals surface area contributed by atoms with Gasteiger partial charge in [-0.1, -0.05) is 17.7 Å². The first kappa shape index (κ1) is 17.2. The smallest absolute Gasteiger partial charge is 0.310 e. The summed E-state index contributed by atoms with van der Waals surface area (Å²) >= 11 is 5.88. The van der Waals surface area contributed by atoms with E-state index in [1.165, 1.54) is 18.2 Å². The second-order valence-electron chi connectivity index (χ2n) is 5.37. The van der Waals surface area contributed by atoms with E-state index in [0.29, 0.717) is 11.3 Å². The topological polar surface area (TPSA) is 78.4 Å². The number of benzene rings is 1. The van der Waals surface area contributed by atoms with Crippen molar-refractivity contribution in [3.8, 4) is 11.5 Å². The molecule has 25 heavy (non-hydrogen) atoms. The monoisotopic (exact) mass is 364 g/mol. The lowest BCUT2D eigenvalue weighted by Gasteiger charge is -2.05. The van der Waals surface area contributed by atoms with Crippen molar-refractivity contribution in [1.82, 2.24) is 10.2 Å². The van der Waals surface area contributed by atoms with E-state index < -0.39 is 11.8 Å². The maximum atomic E-state index is 13.7. The third-order valence-corrected chi connectivity index (χ3v) is 3.83. The van der Waals surface area contributed by atoms with Crippen LogP contribution in [0.15, 0.2) is 33.1 Å². The first-order valence-corrected chi connectivity index (χ1v) is 7.80. The fourth-order valence-corrected chi connectivity index (χ4v) is 2.53. The van der Waals surface area contributed by atoms with E-state index in [9.17, 15) is 9.18 Å². The van der Waals surface area contributed by atoms with Crippen LogP contribution >= 0.6 is 11.6 Å². The molecule has 0 N–H and O–H groups in total. The van der Waals surface area contributed by atoms with Gasteiger partial charge in [-0.3, -0.25) is 4.79 Å². The minimum atomic E-state index is -0.651. The lowest BCUT2D eigenvalue weighted by molar-refractivity contribution is -0.144. The molecule has 0 atom stereocenters. The standard InChI is InChI=1S/C17H14ClFN2O4/c1-9-6-11(10(2)24-9)17-21-20-15(25-17)8-23-16(22)7-12-13(18)4-3-5-14(12)19/h3-6H,7-8H2,1-2H3. The molecule has 0 saturated heterocycles. The quantitative estimate of drug-likeness (QED) is 0.636.